The fraction of sp³-hybridized carbons (Fsp3) is 0.500. The number of H-pyrrole nitrogens is 1. The summed E-state index contributed by atoms with van der Waals surface area (Å²) in [5.74, 6) is 2.95. The predicted molar refractivity (Wildman–Crippen MR) is 121 cm³/mol. The number of nitrogens with one attached hydrogen (secondary N) is 1. The van der Waals surface area contributed by atoms with Gasteiger partial charge in [0.2, 0.25) is 0 Å². The molecule has 0 amide bonds. The van der Waals surface area contributed by atoms with Crippen molar-refractivity contribution in [2.45, 2.75) is 44.4 Å². The van der Waals surface area contributed by atoms with Crippen LogP contribution in [-0.4, -0.2) is 41.3 Å². The van der Waals surface area contributed by atoms with Crippen LogP contribution in [0.5, 0.6) is 0 Å². The van der Waals surface area contributed by atoms with Gasteiger partial charge in [-0.3, -0.25) is 4.98 Å². The lowest BCUT2D eigenvalue weighted by molar-refractivity contribution is 0.122. The molecule has 2 aliphatic rings. The third-order valence-electron chi connectivity index (χ3n) is 7.06. The summed E-state index contributed by atoms with van der Waals surface area (Å²) in [6, 6.07) is 6.95. The van der Waals surface area contributed by atoms with Crippen molar-refractivity contribution in [1.29, 1.82) is 0 Å². The summed E-state index contributed by atoms with van der Waals surface area (Å²) in [7, 11) is 0. The normalized spacial score (nSPS) is 23.3. The first-order chi connectivity index (χ1) is 15.1. The number of rotatable bonds is 4. The summed E-state index contributed by atoms with van der Waals surface area (Å²) in [5, 5.41) is 1.58. The number of hydrogen-bond donors (Lipinski definition) is 1. The molecule has 5 rings (SSSR count). The minimum Gasteiger partial charge on any atom is -0.378 e. The summed E-state index contributed by atoms with van der Waals surface area (Å²) in [5.41, 5.74) is 2.10. The number of aromatic amines is 1. The summed E-state index contributed by atoms with van der Waals surface area (Å²) in [4.78, 5) is 14.8. The molecule has 0 spiro atoms. The molecule has 2 fully saturated rings. The van der Waals surface area contributed by atoms with Crippen molar-refractivity contribution in [3.63, 3.8) is 0 Å². The van der Waals surface area contributed by atoms with Crippen molar-refractivity contribution in [3.8, 4) is 0 Å². The van der Waals surface area contributed by atoms with Crippen LogP contribution in [0, 0.1) is 11.7 Å². The Morgan fingerprint density at radius 2 is 1.94 bits per heavy atom. The number of aromatic nitrogens is 3. The van der Waals surface area contributed by atoms with Crippen LogP contribution in [0.25, 0.3) is 10.9 Å². The predicted octanol–water partition coefficient (Wildman–Crippen LogP) is 5.66. The van der Waals surface area contributed by atoms with E-state index in [2.05, 4.69) is 27.9 Å². The highest BCUT2D eigenvalue weighted by Crippen LogP contribution is 2.43. The van der Waals surface area contributed by atoms with E-state index >= 15 is 0 Å². The van der Waals surface area contributed by atoms with Gasteiger partial charge in [0, 0.05) is 30.6 Å². The smallest absolute Gasteiger partial charge is 0.166 e. The number of halogens is 2. The van der Waals surface area contributed by atoms with Gasteiger partial charge < -0.3 is 14.6 Å². The summed E-state index contributed by atoms with van der Waals surface area (Å²) in [6.07, 6.45) is 6.28. The van der Waals surface area contributed by atoms with Gasteiger partial charge in [-0.15, -0.1) is 0 Å². The van der Waals surface area contributed by atoms with Crippen molar-refractivity contribution < 1.29 is 9.13 Å². The molecule has 0 radical (unpaired) electrons. The molecule has 1 aliphatic carbocycles. The molecular weight excluding hydrogens is 415 g/mol. The van der Waals surface area contributed by atoms with Gasteiger partial charge in [0.25, 0.3) is 0 Å². The van der Waals surface area contributed by atoms with Crippen LogP contribution in [0.3, 0.4) is 0 Å². The molecule has 1 aliphatic heterocycles. The van der Waals surface area contributed by atoms with E-state index in [1.54, 1.807) is 12.1 Å². The van der Waals surface area contributed by atoms with Crippen molar-refractivity contribution in [1.82, 2.24) is 15.0 Å². The van der Waals surface area contributed by atoms with Crippen LogP contribution in [-0.2, 0) is 4.74 Å². The third kappa shape index (κ3) is 4.15. The first-order valence-corrected chi connectivity index (χ1v) is 11.6. The van der Waals surface area contributed by atoms with Crippen LogP contribution in [0.15, 0.2) is 30.5 Å². The van der Waals surface area contributed by atoms with Gasteiger partial charge in [-0.25, -0.2) is 9.37 Å². The molecule has 164 valence electrons. The highest BCUT2D eigenvalue weighted by molar-refractivity contribution is 6.31. The van der Waals surface area contributed by atoms with Crippen LogP contribution in [0.4, 0.5) is 10.2 Å². The molecule has 1 N–H and O–H groups in total. The zero-order valence-corrected chi connectivity index (χ0v) is 18.5. The van der Waals surface area contributed by atoms with E-state index in [0.717, 1.165) is 61.3 Å². The van der Waals surface area contributed by atoms with Gasteiger partial charge in [0.15, 0.2) is 11.0 Å². The van der Waals surface area contributed by atoms with E-state index in [1.165, 1.54) is 11.6 Å². The van der Waals surface area contributed by atoms with Crippen molar-refractivity contribution in [2.24, 2.45) is 5.92 Å². The monoisotopic (exact) mass is 442 g/mol. The summed E-state index contributed by atoms with van der Waals surface area (Å²) in [6.45, 7) is 5.33. The Labute approximate surface area is 187 Å². The van der Waals surface area contributed by atoms with Crippen LogP contribution < -0.4 is 4.90 Å². The maximum absolute atomic E-state index is 13.8. The number of benzene rings is 1. The largest absolute Gasteiger partial charge is 0.378 e. The van der Waals surface area contributed by atoms with Crippen LogP contribution in [0.2, 0.25) is 5.15 Å². The maximum Gasteiger partial charge on any atom is 0.166 e. The molecular formula is C24H28ClFN4O. The molecule has 5 nitrogen and oxygen atoms in total. The number of morpholine rings is 1. The lowest BCUT2D eigenvalue weighted by Crippen LogP contribution is -2.36. The second-order valence-corrected chi connectivity index (χ2v) is 9.20. The molecule has 1 atom stereocenters. The maximum atomic E-state index is 13.8. The quantitative estimate of drug-likeness (QED) is 0.566. The SMILES string of the molecule is CC(c1nc(N2CCOCC2)c(Cl)[nH]1)C1CCC(c2ccnc3ccc(F)cc23)CC1. The lowest BCUT2D eigenvalue weighted by atomic mass is 9.73. The average molecular weight is 443 g/mol. The molecule has 1 saturated heterocycles. The molecule has 31 heavy (non-hydrogen) atoms. The lowest BCUT2D eigenvalue weighted by Gasteiger charge is -2.32. The summed E-state index contributed by atoms with van der Waals surface area (Å²) < 4.78 is 19.3. The van der Waals surface area contributed by atoms with E-state index in [0.29, 0.717) is 36.1 Å². The Balaban J connectivity index is 1.28. The van der Waals surface area contributed by atoms with E-state index in [4.69, 9.17) is 21.3 Å². The zero-order valence-electron chi connectivity index (χ0n) is 17.8. The zero-order chi connectivity index (χ0) is 21.4. The fourth-order valence-corrected chi connectivity index (χ4v) is 5.47. The number of hydrogen-bond acceptors (Lipinski definition) is 4. The number of nitrogens with zero attached hydrogens (tertiary/aromatic N) is 3. The van der Waals surface area contributed by atoms with E-state index in [-0.39, 0.29) is 5.82 Å². The van der Waals surface area contributed by atoms with Crippen molar-refractivity contribution in [2.75, 3.05) is 31.2 Å². The molecule has 3 aromatic rings. The number of pyridine rings is 1. The van der Waals surface area contributed by atoms with E-state index in [9.17, 15) is 4.39 Å². The van der Waals surface area contributed by atoms with Crippen molar-refractivity contribution >= 4 is 28.3 Å². The van der Waals surface area contributed by atoms with Crippen molar-refractivity contribution in [3.05, 3.63) is 52.8 Å². The highest BCUT2D eigenvalue weighted by Gasteiger charge is 2.30. The third-order valence-corrected chi connectivity index (χ3v) is 7.32. The standard InChI is InChI=1S/C24H28ClFN4O/c1-15(23-28-22(25)24(29-23)30-10-12-31-13-11-30)16-2-4-17(5-3-16)19-8-9-27-21-7-6-18(26)14-20(19)21/h6-9,14-17H,2-5,10-13H2,1H3,(H,28,29). The minimum atomic E-state index is -0.199. The second-order valence-electron chi connectivity index (χ2n) is 8.82. The number of imidazole rings is 1. The Bertz CT molecular complexity index is 1060. The molecule has 0 bridgehead atoms. The van der Waals surface area contributed by atoms with Gasteiger partial charge in [0.1, 0.15) is 11.6 Å². The molecule has 3 heterocycles. The highest BCUT2D eigenvalue weighted by atomic mass is 35.5. The second kappa shape index (κ2) is 8.75. The van der Waals surface area contributed by atoms with E-state index < -0.39 is 0 Å². The Kier molecular flexibility index (Phi) is 5.85. The van der Waals surface area contributed by atoms with E-state index in [1.807, 2.05) is 6.20 Å². The first kappa shape index (κ1) is 20.7. The van der Waals surface area contributed by atoms with Gasteiger partial charge in [-0.1, -0.05) is 18.5 Å². The van der Waals surface area contributed by atoms with Gasteiger partial charge in [-0.05, 0) is 67.3 Å². The van der Waals surface area contributed by atoms with Crippen LogP contribution >= 0.6 is 11.6 Å². The molecule has 1 saturated carbocycles. The first-order valence-electron chi connectivity index (χ1n) is 11.2. The topological polar surface area (TPSA) is 54.0 Å². The Morgan fingerprint density at radius 3 is 2.71 bits per heavy atom. The Hall–Kier alpha value is -2.18. The fourth-order valence-electron chi connectivity index (χ4n) is 5.21. The summed E-state index contributed by atoms with van der Waals surface area (Å²) >= 11 is 6.50. The van der Waals surface area contributed by atoms with Gasteiger partial charge in [-0.2, -0.15) is 0 Å². The number of anilines is 1. The minimum absolute atomic E-state index is 0.199. The molecule has 7 heteroatoms. The number of ether oxygens (including phenoxy) is 1. The van der Waals surface area contributed by atoms with Gasteiger partial charge in [0.05, 0.1) is 18.7 Å². The average Bonchev–Trinajstić information content (AvgIpc) is 3.20. The molecule has 1 unspecified atom stereocenters. The molecule has 1 aromatic carbocycles. The Morgan fingerprint density at radius 1 is 1.16 bits per heavy atom. The molecule has 2 aromatic heterocycles. The number of fused-ring (bicyclic) bond motifs is 1. The van der Waals surface area contributed by atoms with Gasteiger partial charge >= 0.3 is 0 Å². The van der Waals surface area contributed by atoms with Crippen LogP contribution in [0.1, 0.15) is 55.8 Å².